The molecule has 3 aromatic heterocycles. The third kappa shape index (κ3) is 5.11. The number of para-hydroxylation sites is 1. The molecule has 0 spiro atoms. The van der Waals surface area contributed by atoms with E-state index in [2.05, 4.69) is 97.6 Å². The zero-order valence-electron chi connectivity index (χ0n) is 20.4. The molecule has 6 rings (SSSR count). The molecule has 186 valence electrons. The van der Waals surface area contributed by atoms with Crippen molar-refractivity contribution in [3.63, 3.8) is 0 Å². The van der Waals surface area contributed by atoms with Gasteiger partial charge in [0.2, 0.25) is 4.80 Å². The molecular formula is C30H22BrN5S2. The van der Waals surface area contributed by atoms with Crippen LogP contribution in [0.25, 0.3) is 33.2 Å². The molecule has 0 saturated carbocycles. The zero-order valence-corrected chi connectivity index (χ0v) is 23.6. The number of aromatic nitrogens is 3. The molecule has 0 fully saturated rings. The maximum absolute atomic E-state index is 4.88. The van der Waals surface area contributed by atoms with Gasteiger partial charge in [-0.05, 0) is 64.8 Å². The molecule has 0 amide bonds. The molecule has 0 saturated heterocycles. The lowest BCUT2D eigenvalue weighted by Gasteiger charge is -2.09. The van der Waals surface area contributed by atoms with Gasteiger partial charge >= 0.3 is 0 Å². The number of thiophene rings is 1. The molecule has 8 heteroatoms. The summed E-state index contributed by atoms with van der Waals surface area (Å²) >= 11 is 6.79. The Morgan fingerprint density at radius 1 is 0.842 bits per heavy atom. The average molecular weight is 597 g/mol. The second-order valence-electron chi connectivity index (χ2n) is 8.60. The average Bonchev–Trinajstić information content (AvgIpc) is 3.69. The van der Waals surface area contributed by atoms with E-state index in [9.17, 15) is 0 Å². The zero-order chi connectivity index (χ0) is 25.9. The second-order valence-corrected chi connectivity index (χ2v) is 11.9. The van der Waals surface area contributed by atoms with Crippen molar-refractivity contribution in [2.75, 3.05) is 0 Å². The molecule has 0 N–H and O–H groups in total. The monoisotopic (exact) mass is 595 g/mol. The molecule has 0 radical (unpaired) electrons. The van der Waals surface area contributed by atoms with E-state index in [1.807, 2.05) is 53.3 Å². The van der Waals surface area contributed by atoms with Gasteiger partial charge in [-0.25, -0.2) is 4.68 Å². The van der Waals surface area contributed by atoms with Gasteiger partial charge in [0.1, 0.15) is 5.69 Å². The highest BCUT2D eigenvalue weighted by molar-refractivity contribution is 9.11. The first-order valence-corrected chi connectivity index (χ1v) is 14.5. The summed E-state index contributed by atoms with van der Waals surface area (Å²) in [6, 6.07) is 33.0. The summed E-state index contributed by atoms with van der Waals surface area (Å²) in [7, 11) is 0. The quantitative estimate of drug-likeness (QED) is 0.142. The van der Waals surface area contributed by atoms with E-state index in [4.69, 9.17) is 5.10 Å². The summed E-state index contributed by atoms with van der Waals surface area (Å²) in [4.78, 5) is 1.85. The first-order chi connectivity index (χ1) is 18.7. The van der Waals surface area contributed by atoms with Crippen LogP contribution in [0.3, 0.4) is 0 Å². The molecule has 0 aliphatic rings. The molecular weight excluding hydrogens is 574 g/mol. The normalized spacial score (nSPS) is 12.0. The minimum Gasteiger partial charge on any atom is -0.284 e. The van der Waals surface area contributed by atoms with Crippen LogP contribution in [-0.4, -0.2) is 20.6 Å². The molecule has 38 heavy (non-hydrogen) atoms. The van der Waals surface area contributed by atoms with E-state index in [0.29, 0.717) is 0 Å². The van der Waals surface area contributed by atoms with E-state index >= 15 is 0 Å². The molecule has 3 heterocycles. The van der Waals surface area contributed by atoms with Crippen molar-refractivity contribution >= 4 is 44.8 Å². The molecule has 3 aromatic carbocycles. The topological polar surface area (TPSA) is 47.5 Å². The summed E-state index contributed by atoms with van der Waals surface area (Å²) in [5.41, 5.74) is 7.22. The smallest absolute Gasteiger partial charge is 0.215 e. The predicted octanol–water partition coefficient (Wildman–Crippen LogP) is 8.13. The largest absolute Gasteiger partial charge is 0.284 e. The Morgan fingerprint density at radius 2 is 1.58 bits per heavy atom. The number of rotatable bonds is 6. The fourth-order valence-corrected chi connectivity index (χ4v) is 6.36. The molecule has 5 nitrogen and oxygen atoms in total. The number of benzene rings is 3. The van der Waals surface area contributed by atoms with Gasteiger partial charge in [-0.3, -0.25) is 4.57 Å². The number of nitrogens with zero attached hydrogens (tertiary/aromatic N) is 5. The lowest BCUT2D eigenvalue weighted by molar-refractivity contribution is 0.885. The van der Waals surface area contributed by atoms with Crippen molar-refractivity contribution in [2.24, 2.45) is 10.2 Å². The molecule has 0 aliphatic carbocycles. The standard InChI is InChI=1S/C30H22BrN5S2/c1-21-12-14-25(15-13-21)36-26(22-8-4-2-5-9-22)20-37-30(36)33-32-18-23-19-35(24-10-6-3-7-11-24)34-29(23)27-16-17-28(31)38-27/h2-20H,1H3/b32-18+,33-30+. The van der Waals surface area contributed by atoms with Crippen LogP contribution in [0.2, 0.25) is 0 Å². The van der Waals surface area contributed by atoms with Crippen LogP contribution in [0.4, 0.5) is 0 Å². The summed E-state index contributed by atoms with van der Waals surface area (Å²) < 4.78 is 5.09. The SMILES string of the molecule is Cc1ccc(-n2c(-c3ccccc3)cs/c2=N/N=C/c2cn(-c3ccccc3)nc2-c2ccc(Br)s2)cc1. The minimum atomic E-state index is 0.792. The Kier molecular flexibility index (Phi) is 7.00. The molecule has 0 unspecified atom stereocenters. The number of thiazole rings is 1. The summed E-state index contributed by atoms with van der Waals surface area (Å²) in [5, 5.41) is 16.2. The van der Waals surface area contributed by atoms with E-state index in [1.165, 1.54) is 5.56 Å². The fraction of sp³-hybridized carbons (Fsp3) is 0.0333. The van der Waals surface area contributed by atoms with Gasteiger partial charge in [-0.2, -0.15) is 10.2 Å². The molecule has 0 aliphatic heterocycles. The van der Waals surface area contributed by atoms with Crippen LogP contribution in [0.1, 0.15) is 11.1 Å². The van der Waals surface area contributed by atoms with E-state index in [1.54, 1.807) is 28.9 Å². The maximum atomic E-state index is 4.88. The number of hydrogen-bond donors (Lipinski definition) is 0. The third-order valence-corrected chi connectivity index (χ3v) is 8.43. The van der Waals surface area contributed by atoms with Gasteiger partial charge in [0.05, 0.1) is 26.3 Å². The van der Waals surface area contributed by atoms with Gasteiger partial charge in [-0.15, -0.1) is 27.8 Å². The Hall–Kier alpha value is -3.85. The van der Waals surface area contributed by atoms with Crippen molar-refractivity contribution in [2.45, 2.75) is 6.92 Å². The van der Waals surface area contributed by atoms with Gasteiger partial charge in [0, 0.05) is 22.8 Å². The highest BCUT2D eigenvalue weighted by atomic mass is 79.9. The van der Waals surface area contributed by atoms with Crippen molar-refractivity contribution in [3.8, 4) is 33.2 Å². The second kappa shape index (κ2) is 10.9. The Labute approximate surface area is 236 Å². The van der Waals surface area contributed by atoms with Crippen molar-refractivity contribution in [3.05, 3.63) is 128 Å². The summed E-state index contributed by atoms with van der Waals surface area (Å²) in [5.74, 6) is 0. The lowest BCUT2D eigenvalue weighted by Crippen LogP contribution is -2.13. The predicted molar refractivity (Wildman–Crippen MR) is 162 cm³/mol. The lowest BCUT2D eigenvalue weighted by atomic mass is 10.1. The van der Waals surface area contributed by atoms with Crippen molar-refractivity contribution < 1.29 is 0 Å². The van der Waals surface area contributed by atoms with E-state index in [0.717, 1.165) is 47.4 Å². The van der Waals surface area contributed by atoms with Gasteiger partial charge in [-0.1, -0.05) is 66.2 Å². The van der Waals surface area contributed by atoms with E-state index < -0.39 is 0 Å². The number of aryl methyl sites for hydroxylation is 1. The number of hydrogen-bond acceptors (Lipinski definition) is 5. The van der Waals surface area contributed by atoms with Crippen LogP contribution >= 0.6 is 38.6 Å². The summed E-state index contributed by atoms with van der Waals surface area (Å²) in [6.45, 7) is 2.09. The first kappa shape index (κ1) is 24.5. The Bertz CT molecular complexity index is 1780. The minimum absolute atomic E-state index is 0.792. The molecule has 0 bridgehead atoms. The molecule has 6 aromatic rings. The van der Waals surface area contributed by atoms with Crippen LogP contribution < -0.4 is 4.80 Å². The van der Waals surface area contributed by atoms with E-state index in [-0.39, 0.29) is 0 Å². The third-order valence-electron chi connectivity index (χ3n) is 5.98. The highest BCUT2D eigenvalue weighted by Crippen LogP contribution is 2.32. The van der Waals surface area contributed by atoms with Crippen molar-refractivity contribution in [1.82, 2.24) is 14.3 Å². The Morgan fingerprint density at radius 3 is 2.29 bits per heavy atom. The van der Waals surface area contributed by atoms with Crippen molar-refractivity contribution in [1.29, 1.82) is 0 Å². The van der Waals surface area contributed by atoms with Gasteiger partial charge < -0.3 is 0 Å². The summed E-state index contributed by atoms with van der Waals surface area (Å²) in [6.07, 6.45) is 3.78. The van der Waals surface area contributed by atoms with Gasteiger partial charge in [0.25, 0.3) is 0 Å². The molecule has 0 atom stereocenters. The van der Waals surface area contributed by atoms with Crippen LogP contribution in [0.15, 0.2) is 123 Å². The number of halogens is 1. The van der Waals surface area contributed by atoms with Crippen LogP contribution in [0.5, 0.6) is 0 Å². The van der Waals surface area contributed by atoms with Crippen LogP contribution in [-0.2, 0) is 0 Å². The Balaban J connectivity index is 1.44. The van der Waals surface area contributed by atoms with Gasteiger partial charge in [0.15, 0.2) is 0 Å². The fourth-order valence-electron chi connectivity index (χ4n) is 4.10. The first-order valence-electron chi connectivity index (χ1n) is 12.0. The highest BCUT2D eigenvalue weighted by Gasteiger charge is 2.14. The maximum Gasteiger partial charge on any atom is 0.215 e. The van der Waals surface area contributed by atoms with Crippen LogP contribution in [0, 0.1) is 6.92 Å².